The van der Waals surface area contributed by atoms with E-state index >= 15 is 0 Å². The molecule has 2 unspecified atom stereocenters. The Hall–Kier alpha value is -1.35. The molecule has 0 spiro atoms. The Morgan fingerprint density at radius 1 is 1.22 bits per heavy atom. The third-order valence-electron chi connectivity index (χ3n) is 3.45. The number of hydrogen-bond acceptors (Lipinski definition) is 3. The maximum atomic E-state index is 5.89. The van der Waals surface area contributed by atoms with Gasteiger partial charge in [0.25, 0.3) is 0 Å². The average molecular weight is 246 g/mol. The summed E-state index contributed by atoms with van der Waals surface area (Å²) in [5, 5.41) is 0. The molecule has 18 heavy (non-hydrogen) atoms. The van der Waals surface area contributed by atoms with E-state index in [-0.39, 0.29) is 17.4 Å². The summed E-state index contributed by atoms with van der Waals surface area (Å²) < 4.78 is 5.77. The molecule has 98 valence electrons. The van der Waals surface area contributed by atoms with Crippen LogP contribution < -0.4 is 5.73 Å². The minimum absolute atomic E-state index is 0.0418. The Bertz CT molecular complexity index is 549. The van der Waals surface area contributed by atoms with Crippen LogP contribution in [0.5, 0.6) is 0 Å². The van der Waals surface area contributed by atoms with Gasteiger partial charge in [0.2, 0.25) is 0 Å². The summed E-state index contributed by atoms with van der Waals surface area (Å²) in [6, 6.07) is 6.25. The monoisotopic (exact) mass is 246 g/mol. The van der Waals surface area contributed by atoms with Crippen LogP contribution in [-0.4, -0.2) is 11.0 Å². The van der Waals surface area contributed by atoms with E-state index in [1.54, 1.807) is 0 Å². The first-order valence-electron chi connectivity index (χ1n) is 6.45. The van der Waals surface area contributed by atoms with Crippen LogP contribution in [0.1, 0.15) is 52.0 Å². The van der Waals surface area contributed by atoms with Gasteiger partial charge in [-0.3, -0.25) is 0 Å². The van der Waals surface area contributed by atoms with Gasteiger partial charge >= 0.3 is 0 Å². The second-order valence-corrected chi connectivity index (χ2v) is 6.13. The van der Waals surface area contributed by atoms with Crippen LogP contribution in [0.15, 0.2) is 22.6 Å². The second-order valence-electron chi connectivity index (χ2n) is 6.13. The third-order valence-corrected chi connectivity index (χ3v) is 3.45. The molecule has 2 atom stereocenters. The smallest absolute Gasteiger partial charge is 0.199 e. The molecule has 0 aliphatic carbocycles. The Morgan fingerprint density at radius 3 is 2.44 bits per heavy atom. The lowest BCUT2D eigenvalue weighted by atomic mass is 9.87. The molecule has 0 aliphatic rings. The number of benzene rings is 1. The molecular formula is C15H22N2O. The second kappa shape index (κ2) is 4.39. The van der Waals surface area contributed by atoms with E-state index in [4.69, 9.17) is 10.2 Å². The summed E-state index contributed by atoms with van der Waals surface area (Å²) in [6.45, 7) is 10.6. The fraction of sp³-hybridized carbons (Fsp3) is 0.533. The van der Waals surface area contributed by atoms with Crippen molar-refractivity contribution in [3.8, 4) is 0 Å². The summed E-state index contributed by atoms with van der Waals surface area (Å²) in [6.07, 6.45) is 0. The highest BCUT2D eigenvalue weighted by atomic mass is 16.3. The molecule has 1 aromatic heterocycles. The van der Waals surface area contributed by atoms with Crippen molar-refractivity contribution >= 4 is 11.1 Å². The highest BCUT2D eigenvalue weighted by Crippen LogP contribution is 2.28. The first-order valence-corrected chi connectivity index (χ1v) is 6.45. The van der Waals surface area contributed by atoms with E-state index in [9.17, 15) is 0 Å². The van der Waals surface area contributed by atoms with Crippen LogP contribution in [0, 0.1) is 0 Å². The SMILES string of the molecule is CC(N)C(C)c1nc2cc(C(C)(C)C)ccc2o1. The number of hydrogen-bond donors (Lipinski definition) is 1. The summed E-state index contributed by atoms with van der Waals surface area (Å²) in [7, 11) is 0. The van der Waals surface area contributed by atoms with Gasteiger partial charge < -0.3 is 10.2 Å². The largest absolute Gasteiger partial charge is 0.440 e. The topological polar surface area (TPSA) is 52.0 Å². The Morgan fingerprint density at radius 2 is 1.89 bits per heavy atom. The Balaban J connectivity index is 2.46. The van der Waals surface area contributed by atoms with E-state index in [1.165, 1.54) is 5.56 Å². The van der Waals surface area contributed by atoms with E-state index in [0.29, 0.717) is 0 Å². The van der Waals surface area contributed by atoms with Crippen molar-refractivity contribution < 1.29 is 4.42 Å². The highest BCUT2D eigenvalue weighted by Gasteiger charge is 2.19. The molecule has 1 aromatic carbocycles. The molecular weight excluding hydrogens is 224 g/mol. The molecule has 0 aliphatic heterocycles. The minimum atomic E-state index is 0.0418. The zero-order valence-electron chi connectivity index (χ0n) is 11.8. The van der Waals surface area contributed by atoms with Gasteiger partial charge in [-0.05, 0) is 30.0 Å². The van der Waals surface area contributed by atoms with Crippen molar-refractivity contribution in [3.05, 3.63) is 29.7 Å². The maximum absolute atomic E-state index is 5.89. The van der Waals surface area contributed by atoms with Gasteiger partial charge in [-0.15, -0.1) is 0 Å². The molecule has 0 bridgehead atoms. The molecule has 0 amide bonds. The van der Waals surface area contributed by atoms with Crippen molar-refractivity contribution in [1.29, 1.82) is 0 Å². The van der Waals surface area contributed by atoms with Gasteiger partial charge in [-0.1, -0.05) is 33.8 Å². The number of fused-ring (bicyclic) bond motifs is 1. The van der Waals surface area contributed by atoms with E-state index in [2.05, 4.69) is 37.9 Å². The maximum Gasteiger partial charge on any atom is 0.199 e. The minimum Gasteiger partial charge on any atom is -0.440 e. The van der Waals surface area contributed by atoms with Crippen LogP contribution in [-0.2, 0) is 5.41 Å². The average Bonchev–Trinajstić information content (AvgIpc) is 2.68. The van der Waals surface area contributed by atoms with E-state index in [1.807, 2.05) is 19.9 Å². The molecule has 0 fully saturated rings. The number of rotatable bonds is 2. The van der Waals surface area contributed by atoms with Crippen LogP contribution in [0.2, 0.25) is 0 Å². The molecule has 2 N–H and O–H groups in total. The third kappa shape index (κ3) is 2.41. The predicted octanol–water partition coefficient (Wildman–Crippen LogP) is 3.58. The first-order chi connectivity index (χ1) is 8.29. The quantitative estimate of drug-likeness (QED) is 0.881. The van der Waals surface area contributed by atoms with Crippen molar-refractivity contribution in [2.75, 3.05) is 0 Å². The lowest BCUT2D eigenvalue weighted by molar-refractivity contribution is 0.451. The Labute approximate surface area is 108 Å². The summed E-state index contributed by atoms with van der Waals surface area (Å²) in [4.78, 5) is 4.56. The fourth-order valence-corrected chi connectivity index (χ4v) is 1.83. The van der Waals surface area contributed by atoms with Crippen molar-refractivity contribution in [1.82, 2.24) is 4.98 Å². The van der Waals surface area contributed by atoms with Gasteiger partial charge in [0, 0.05) is 12.0 Å². The zero-order chi connectivity index (χ0) is 13.5. The van der Waals surface area contributed by atoms with E-state index in [0.717, 1.165) is 17.0 Å². The van der Waals surface area contributed by atoms with Crippen LogP contribution in [0.3, 0.4) is 0 Å². The van der Waals surface area contributed by atoms with Gasteiger partial charge in [0.05, 0.1) is 0 Å². The summed E-state index contributed by atoms with van der Waals surface area (Å²) in [5.41, 5.74) is 9.04. The first kappa shape index (κ1) is 13.1. The molecule has 3 nitrogen and oxygen atoms in total. The van der Waals surface area contributed by atoms with E-state index < -0.39 is 0 Å². The number of aromatic nitrogens is 1. The molecule has 2 rings (SSSR count). The summed E-state index contributed by atoms with van der Waals surface area (Å²) in [5.74, 6) is 0.863. The fourth-order valence-electron chi connectivity index (χ4n) is 1.83. The molecule has 0 saturated carbocycles. The highest BCUT2D eigenvalue weighted by molar-refractivity contribution is 5.73. The number of oxazole rings is 1. The van der Waals surface area contributed by atoms with Gasteiger partial charge in [0.15, 0.2) is 11.5 Å². The Kier molecular flexibility index (Phi) is 3.20. The van der Waals surface area contributed by atoms with Crippen molar-refractivity contribution in [2.24, 2.45) is 5.73 Å². The lowest BCUT2D eigenvalue weighted by Gasteiger charge is -2.18. The standard InChI is InChI=1S/C15H22N2O/c1-9(10(2)16)14-17-12-8-11(15(3,4)5)6-7-13(12)18-14/h6-10H,16H2,1-5H3. The lowest BCUT2D eigenvalue weighted by Crippen LogP contribution is -2.22. The molecule has 3 heteroatoms. The van der Waals surface area contributed by atoms with Gasteiger partial charge in [-0.25, -0.2) is 4.98 Å². The zero-order valence-corrected chi connectivity index (χ0v) is 11.8. The number of nitrogens with two attached hydrogens (primary N) is 1. The normalized spacial score (nSPS) is 15.9. The molecule has 0 radical (unpaired) electrons. The molecule has 1 heterocycles. The molecule has 0 saturated heterocycles. The van der Waals surface area contributed by atoms with Crippen molar-refractivity contribution in [2.45, 2.75) is 52.0 Å². The van der Waals surface area contributed by atoms with Crippen LogP contribution >= 0.6 is 0 Å². The van der Waals surface area contributed by atoms with Crippen molar-refractivity contribution in [3.63, 3.8) is 0 Å². The van der Waals surface area contributed by atoms with Crippen LogP contribution in [0.4, 0.5) is 0 Å². The summed E-state index contributed by atoms with van der Waals surface area (Å²) >= 11 is 0. The molecule has 2 aromatic rings. The number of nitrogens with zero attached hydrogens (tertiary/aromatic N) is 1. The predicted molar refractivity (Wildman–Crippen MR) is 74.8 cm³/mol. The van der Waals surface area contributed by atoms with Gasteiger partial charge in [-0.2, -0.15) is 0 Å². The van der Waals surface area contributed by atoms with Gasteiger partial charge in [0.1, 0.15) is 5.52 Å². The van der Waals surface area contributed by atoms with Crippen LogP contribution in [0.25, 0.3) is 11.1 Å².